The summed E-state index contributed by atoms with van der Waals surface area (Å²) in [7, 11) is 0. The molecular formula is C14H27N3O2. The van der Waals surface area contributed by atoms with E-state index in [0.29, 0.717) is 31.7 Å². The third kappa shape index (κ3) is 4.44. The van der Waals surface area contributed by atoms with E-state index in [1.165, 1.54) is 19.3 Å². The SMILES string of the molecule is CC1CCCCC1NC(=O)CN1CCOC(CN)C1. The van der Waals surface area contributed by atoms with Crippen molar-refractivity contribution in [2.75, 3.05) is 32.8 Å². The zero-order valence-corrected chi connectivity index (χ0v) is 11.9. The summed E-state index contributed by atoms with van der Waals surface area (Å²) in [6, 6.07) is 0.368. The Morgan fingerprint density at radius 3 is 2.95 bits per heavy atom. The number of rotatable bonds is 4. The van der Waals surface area contributed by atoms with E-state index >= 15 is 0 Å². The third-order valence-corrected chi connectivity index (χ3v) is 4.31. The number of hydrogen-bond acceptors (Lipinski definition) is 4. The van der Waals surface area contributed by atoms with Crippen molar-refractivity contribution >= 4 is 5.91 Å². The number of morpholine rings is 1. The summed E-state index contributed by atoms with van der Waals surface area (Å²) < 4.78 is 5.51. The van der Waals surface area contributed by atoms with Crippen LogP contribution in [0.1, 0.15) is 32.6 Å². The van der Waals surface area contributed by atoms with Gasteiger partial charge >= 0.3 is 0 Å². The first kappa shape index (κ1) is 14.8. The first-order valence-electron chi connectivity index (χ1n) is 7.52. The van der Waals surface area contributed by atoms with E-state index < -0.39 is 0 Å². The molecule has 5 heteroatoms. The summed E-state index contributed by atoms with van der Waals surface area (Å²) in [6.45, 7) is 5.51. The molecule has 3 unspecified atom stereocenters. The molecule has 1 aliphatic heterocycles. The molecule has 1 saturated heterocycles. The molecule has 0 aromatic carbocycles. The van der Waals surface area contributed by atoms with Gasteiger partial charge in [-0.15, -0.1) is 0 Å². The van der Waals surface area contributed by atoms with E-state index in [9.17, 15) is 4.79 Å². The number of ether oxygens (including phenoxy) is 1. The monoisotopic (exact) mass is 269 g/mol. The molecule has 1 saturated carbocycles. The van der Waals surface area contributed by atoms with Crippen molar-refractivity contribution < 1.29 is 9.53 Å². The van der Waals surface area contributed by atoms with Gasteiger partial charge in [0.1, 0.15) is 0 Å². The molecule has 0 bridgehead atoms. The Hall–Kier alpha value is -0.650. The highest BCUT2D eigenvalue weighted by Gasteiger charge is 2.25. The first-order chi connectivity index (χ1) is 9.19. The standard InChI is InChI=1S/C14H27N3O2/c1-11-4-2-3-5-13(11)16-14(18)10-17-6-7-19-12(8-15)9-17/h11-13H,2-10,15H2,1H3,(H,16,18). The molecule has 2 rings (SSSR count). The quantitative estimate of drug-likeness (QED) is 0.772. The van der Waals surface area contributed by atoms with Crippen molar-refractivity contribution in [2.24, 2.45) is 11.7 Å². The van der Waals surface area contributed by atoms with Gasteiger partial charge in [0.05, 0.1) is 19.3 Å². The van der Waals surface area contributed by atoms with E-state index in [1.54, 1.807) is 0 Å². The number of carbonyl (C=O) groups is 1. The minimum atomic E-state index is 0.0788. The Kier molecular flexibility index (Phi) is 5.60. The second-order valence-corrected chi connectivity index (χ2v) is 5.90. The van der Waals surface area contributed by atoms with Gasteiger partial charge in [0, 0.05) is 25.7 Å². The number of nitrogens with zero attached hydrogens (tertiary/aromatic N) is 1. The van der Waals surface area contributed by atoms with Crippen LogP contribution >= 0.6 is 0 Å². The first-order valence-corrected chi connectivity index (χ1v) is 7.52. The van der Waals surface area contributed by atoms with Crippen LogP contribution in [0, 0.1) is 5.92 Å². The number of nitrogens with two attached hydrogens (primary N) is 1. The van der Waals surface area contributed by atoms with Crippen LogP contribution in [0.2, 0.25) is 0 Å². The topological polar surface area (TPSA) is 67.6 Å². The van der Waals surface area contributed by atoms with Gasteiger partial charge in [0.25, 0.3) is 0 Å². The fourth-order valence-corrected chi connectivity index (χ4v) is 3.05. The minimum Gasteiger partial charge on any atom is -0.374 e. The molecule has 3 atom stereocenters. The second-order valence-electron chi connectivity index (χ2n) is 5.90. The maximum absolute atomic E-state index is 12.1. The number of nitrogens with one attached hydrogen (secondary N) is 1. The van der Waals surface area contributed by atoms with Crippen molar-refractivity contribution in [1.82, 2.24) is 10.2 Å². The van der Waals surface area contributed by atoms with Crippen LogP contribution in [0.4, 0.5) is 0 Å². The van der Waals surface area contributed by atoms with Gasteiger partial charge in [-0.25, -0.2) is 0 Å². The predicted molar refractivity (Wildman–Crippen MR) is 74.8 cm³/mol. The van der Waals surface area contributed by atoms with Crippen molar-refractivity contribution in [3.63, 3.8) is 0 Å². The molecule has 2 fully saturated rings. The largest absolute Gasteiger partial charge is 0.374 e. The molecule has 1 aliphatic carbocycles. The normalized spacial score (nSPS) is 33.1. The Bertz CT molecular complexity index is 298. The summed E-state index contributed by atoms with van der Waals surface area (Å²) in [4.78, 5) is 14.2. The summed E-state index contributed by atoms with van der Waals surface area (Å²) in [5, 5.41) is 3.20. The smallest absolute Gasteiger partial charge is 0.234 e. The average Bonchev–Trinajstić information content (AvgIpc) is 2.41. The fraction of sp³-hybridized carbons (Fsp3) is 0.929. The molecule has 19 heavy (non-hydrogen) atoms. The predicted octanol–water partition coefficient (Wildman–Crippen LogP) is 0.341. The molecule has 0 aromatic heterocycles. The van der Waals surface area contributed by atoms with Gasteiger partial charge in [-0.05, 0) is 18.8 Å². The van der Waals surface area contributed by atoms with Crippen molar-refractivity contribution in [2.45, 2.75) is 44.8 Å². The van der Waals surface area contributed by atoms with E-state index in [2.05, 4.69) is 17.1 Å². The zero-order chi connectivity index (χ0) is 13.7. The molecule has 0 radical (unpaired) electrons. The highest BCUT2D eigenvalue weighted by atomic mass is 16.5. The molecule has 0 aromatic rings. The molecule has 5 nitrogen and oxygen atoms in total. The lowest BCUT2D eigenvalue weighted by atomic mass is 9.86. The zero-order valence-electron chi connectivity index (χ0n) is 11.9. The molecule has 0 spiro atoms. The van der Waals surface area contributed by atoms with Crippen molar-refractivity contribution in [1.29, 1.82) is 0 Å². The Balaban J connectivity index is 1.74. The van der Waals surface area contributed by atoms with Crippen LogP contribution < -0.4 is 11.1 Å². The lowest BCUT2D eigenvalue weighted by molar-refractivity contribution is -0.125. The van der Waals surface area contributed by atoms with Crippen molar-refractivity contribution in [3.05, 3.63) is 0 Å². The summed E-state index contributed by atoms with van der Waals surface area (Å²) >= 11 is 0. The van der Waals surface area contributed by atoms with Gasteiger partial charge in [0.15, 0.2) is 0 Å². The Labute approximate surface area is 115 Å². The van der Waals surface area contributed by atoms with E-state index in [1.807, 2.05) is 0 Å². The molecule has 1 amide bonds. The van der Waals surface area contributed by atoms with Gasteiger partial charge in [-0.2, -0.15) is 0 Å². The van der Waals surface area contributed by atoms with E-state index in [-0.39, 0.29) is 12.0 Å². The average molecular weight is 269 g/mol. The summed E-state index contributed by atoms with van der Waals surface area (Å²) in [5.74, 6) is 0.760. The van der Waals surface area contributed by atoms with Crippen LogP contribution in [-0.4, -0.2) is 55.7 Å². The maximum atomic E-state index is 12.1. The number of amides is 1. The van der Waals surface area contributed by atoms with Crippen LogP contribution in [0.5, 0.6) is 0 Å². The molecule has 1 heterocycles. The van der Waals surface area contributed by atoms with Crippen LogP contribution in [-0.2, 0) is 9.53 Å². The van der Waals surface area contributed by atoms with E-state index in [4.69, 9.17) is 10.5 Å². The maximum Gasteiger partial charge on any atom is 0.234 e. The van der Waals surface area contributed by atoms with Gasteiger partial charge in [0.2, 0.25) is 5.91 Å². The molecular weight excluding hydrogens is 242 g/mol. The van der Waals surface area contributed by atoms with Crippen LogP contribution in [0.3, 0.4) is 0 Å². The van der Waals surface area contributed by atoms with Crippen LogP contribution in [0.15, 0.2) is 0 Å². The summed E-state index contributed by atoms with van der Waals surface area (Å²) in [6.07, 6.45) is 4.98. The van der Waals surface area contributed by atoms with Gasteiger partial charge in [-0.3, -0.25) is 9.69 Å². The lowest BCUT2D eigenvalue weighted by Crippen LogP contribution is -2.51. The molecule has 2 aliphatic rings. The fourth-order valence-electron chi connectivity index (χ4n) is 3.05. The van der Waals surface area contributed by atoms with Gasteiger partial charge < -0.3 is 15.8 Å². The second kappa shape index (κ2) is 7.22. The third-order valence-electron chi connectivity index (χ3n) is 4.31. The van der Waals surface area contributed by atoms with E-state index in [0.717, 1.165) is 19.5 Å². The van der Waals surface area contributed by atoms with Crippen LogP contribution in [0.25, 0.3) is 0 Å². The Morgan fingerprint density at radius 2 is 2.21 bits per heavy atom. The number of carbonyl (C=O) groups excluding carboxylic acids is 1. The van der Waals surface area contributed by atoms with Crippen molar-refractivity contribution in [3.8, 4) is 0 Å². The molecule has 3 N–H and O–H groups in total. The summed E-state index contributed by atoms with van der Waals surface area (Å²) in [5.41, 5.74) is 5.61. The highest BCUT2D eigenvalue weighted by Crippen LogP contribution is 2.23. The number of hydrogen-bond donors (Lipinski definition) is 2. The Morgan fingerprint density at radius 1 is 1.42 bits per heavy atom. The highest BCUT2D eigenvalue weighted by molar-refractivity contribution is 5.78. The lowest BCUT2D eigenvalue weighted by Gasteiger charge is -2.33. The molecule has 110 valence electrons. The minimum absolute atomic E-state index is 0.0788. The van der Waals surface area contributed by atoms with Gasteiger partial charge in [-0.1, -0.05) is 19.8 Å².